The molecule has 6 aromatic carbocycles. The first kappa shape index (κ1) is 46.9. The summed E-state index contributed by atoms with van der Waals surface area (Å²) < 4.78 is 11.6. The number of ether oxygens (including phenoxy) is 2. The molecule has 0 fully saturated rings. The number of nitrogens with one attached hydrogen (secondary N) is 2. The molecule has 2 spiro atoms. The Balaban J connectivity index is 0.000000170. The summed E-state index contributed by atoms with van der Waals surface area (Å²) in [6.45, 7) is 5.26. The molecule has 0 radical (unpaired) electrons. The Morgan fingerprint density at radius 2 is 1.09 bits per heavy atom. The normalized spacial score (nSPS) is 21.3. The van der Waals surface area contributed by atoms with Gasteiger partial charge in [-0.2, -0.15) is 0 Å². The number of hydrogen-bond donors (Lipinski definition) is 2. The molecule has 0 saturated carbocycles. The van der Waals surface area contributed by atoms with E-state index in [2.05, 4.69) is 10.6 Å². The molecule has 2 aliphatic heterocycles. The van der Waals surface area contributed by atoms with Crippen LogP contribution in [0.2, 0.25) is 20.1 Å². The summed E-state index contributed by atoms with van der Waals surface area (Å²) in [5.74, 6) is 0.0981. The van der Waals surface area contributed by atoms with Gasteiger partial charge in [-0.25, -0.2) is 0 Å². The summed E-state index contributed by atoms with van der Waals surface area (Å²) in [5, 5.41) is 8.22. The van der Waals surface area contributed by atoms with E-state index in [0.29, 0.717) is 67.3 Å². The first-order chi connectivity index (χ1) is 32.8. The van der Waals surface area contributed by atoms with Crippen LogP contribution < -0.4 is 20.1 Å². The van der Waals surface area contributed by atoms with Gasteiger partial charge in [0.2, 0.25) is 11.8 Å². The van der Waals surface area contributed by atoms with Crippen LogP contribution in [0.25, 0.3) is 11.1 Å². The summed E-state index contributed by atoms with van der Waals surface area (Å²) in [4.78, 5) is 54.3. The van der Waals surface area contributed by atoms with Gasteiger partial charge in [0.15, 0.2) is 11.6 Å². The van der Waals surface area contributed by atoms with Crippen molar-refractivity contribution in [1.82, 2.24) is 0 Å². The van der Waals surface area contributed by atoms with E-state index in [0.717, 1.165) is 46.2 Å². The smallest absolute Gasteiger partial charge is 0.240 e. The van der Waals surface area contributed by atoms with Crippen LogP contribution in [0.15, 0.2) is 146 Å². The molecule has 0 unspecified atom stereocenters. The summed E-state index contributed by atoms with van der Waals surface area (Å²) in [6.07, 6.45) is 5.56. The third-order valence-electron chi connectivity index (χ3n) is 13.1. The fraction of sp³-hybridized carbons (Fsp3) is 0.214. The number of Topliss-reactive ketones (excluding diaryl/α,β-unsaturated/α-hetero) is 1. The average molecular weight is 985 g/mol. The maximum Gasteiger partial charge on any atom is 0.240 e. The zero-order chi connectivity index (χ0) is 47.7. The highest BCUT2D eigenvalue weighted by Gasteiger charge is 2.58. The molecule has 2 N–H and O–H groups in total. The van der Waals surface area contributed by atoms with Crippen molar-refractivity contribution in [2.24, 2.45) is 0 Å². The maximum absolute atomic E-state index is 14.0. The lowest BCUT2D eigenvalue weighted by Crippen LogP contribution is -2.45. The minimum absolute atomic E-state index is 0.0292. The van der Waals surface area contributed by atoms with Crippen molar-refractivity contribution in [3.63, 3.8) is 0 Å². The monoisotopic (exact) mass is 982 g/mol. The minimum Gasteiger partial charge on any atom is -0.494 e. The predicted octanol–water partition coefficient (Wildman–Crippen LogP) is 13.6. The molecule has 0 aromatic heterocycles. The molecule has 2 heterocycles. The predicted molar refractivity (Wildman–Crippen MR) is 272 cm³/mol. The number of hydrogen-bond acceptors (Lipinski definition) is 6. The molecular weight excluding hydrogens is 938 g/mol. The Kier molecular flexibility index (Phi) is 13.4. The van der Waals surface area contributed by atoms with Gasteiger partial charge in [0, 0.05) is 61.7 Å². The van der Waals surface area contributed by atoms with Crippen LogP contribution in [0.5, 0.6) is 11.5 Å². The van der Waals surface area contributed by atoms with Crippen molar-refractivity contribution in [3.05, 3.63) is 199 Å². The SMILES string of the molecule is CCCOc1cccc(C2=CC(=O)C[C@@H](c3cccc(Cl)c3)[C@]23C(=O)Nc2cc(Cl)ccc23)c1.CCCOc1cccc(C2=C[C@@]3(C(=O)Nc4cc(Cl)ccc43)[C@H](c3cccc(Cl)c3)CC2=O)c1. The van der Waals surface area contributed by atoms with Crippen LogP contribution in [0.4, 0.5) is 11.4 Å². The van der Waals surface area contributed by atoms with Gasteiger partial charge in [-0.3, -0.25) is 19.2 Å². The molecule has 10 rings (SSSR count). The lowest BCUT2D eigenvalue weighted by atomic mass is 9.58. The van der Waals surface area contributed by atoms with Gasteiger partial charge < -0.3 is 20.1 Å². The number of benzene rings is 6. The van der Waals surface area contributed by atoms with Crippen LogP contribution in [0, 0.1) is 0 Å². The van der Waals surface area contributed by atoms with Crippen molar-refractivity contribution >= 4 is 92.3 Å². The van der Waals surface area contributed by atoms with E-state index in [4.69, 9.17) is 55.9 Å². The Bertz CT molecular complexity index is 3070. The van der Waals surface area contributed by atoms with Gasteiger partial charge >= 0.3 is 0 Å². The number of halogens is 4. The number of carbonyl (C=O) groups is 4. The van der Waals surface area contributed by atoms with E-state index >= 15 is 0 Å². The van der Waals surface area contributed by atoms with Crippen molar-refractivity contribution in [1.29, 1.82) is 0 Å². The number of carbonyl (C=O) groups excluding carboxylic acids is 4. The summed E-state index contributed by atoms with van der Waals surface area (Å²) in [5.41, 5.74) is 5.06. The molecule has 4 aliphatic rings. The van der Waals surface area contributed by atoms with Crippen LogP contribution >= 0.6 is 46.4 Å². The summed E-state index contributed by atoms with van der Waals surface area (Å²) in [7, 11) is 0. The van der Waals surface area contributed by atoms with Crippen molar-refractivity contribution in [3.8, 4) is 11.5 Å². The average Bonchev–Trinajstić information content (AvgIpc) is 3.76. The van der Waals surface area contributed by atoms with Crippen molar-refractivity contribution in [2.45, 2.75) is 62.2 Å². The zero-order valence-corrected chi connectivity index (χ0v) is 40.2. The van der Waals surface area contributed by atoms with Gasteiger partial charge in [0.1, 0.15) is 22.3 Å². The van der Waals surface area contributed by atoms with E-state index in [9.17, 15) is 19.2 Å². The van der Waals surface area contributed by atoms with Crippen LogP contribution in [0.1, 0.15) is 84.7 Å². The number of anilines is 2. The Labute approximate surface area is 415 Å². The quantitative estimate of drug-likeness (QED) is 0.141. The molecular formula is C56H46Cl4N2O6. The number of amides is 2. The molecule has 8 nitrogen and oxygen atoms in total. The molecule has 344 valence electrons. The third-order valence-corrected chi connectivity index (χ3v) is 14.0. The van der Waals surface area contributed by atoms with E-state index in [1.54, 1.807) is 42.5 Å². The second kappa shape index (κ2) is 19.4. The lowest BCUT2D eigenvalue weighted by molar-refractivity contribution is -0.122. The second-order valence-corrected chi connectivity index (χ2v) is 19.1. The second-order valence-electron chi connectivity index (χ2n) is 17.3. The van der Waals surface area contributed by atoms with Gasteiger partial charge in [0.05, 0.1) is 13.2 Å². The lowest BCUT2D eigenvalue weighted by Gasteiger charge is -2.41. The number of fused-ring (bicyclic) bond motifs is 4. The van der Waals surface area contributed by atoms with Crippen LogP contribution in [0.3, 0.4) is 0 Å². The number of allylic oxidation sites excluding steroid dienone is 2. The van der Waals surface area contributed by atoms with E-state index < -0.39 is 22.7 Å². The molecule has 68 heavy (non-hydrogen) atoms. The zero-order valence-electron chi connectivity index (χ0n) is 37.2. The van der Waals surface area contributed by atoms with E-state index in [-0.39, 0.29) is 36.2 Å². The first-order valence-electron chi connectivity index (χ1n) is 22.6. The highest BCUT2D eigenvalue weighted by atomic mass is 35.5. The molecule has 2 amide bonds. The van der Waals surface area contributed by atoms with Gasteiger partial charge in [-0.15, -0.1) is 0 Å². The summed E-state index contributed by atoms with van der Waals surface area (Å²) >= 11 is 25.1. The Morgan fingerprint density at radius 1 is 0.559 bits per heavy atom. The standard InChI is InChI=1S/2C28H23Cl2NO3/c1-2-11-34-21-8-4-5-17(13-21)22-16-28(23-10-9-20(30)14-25(23)31-27(28)33)24(15-26(22)32)18-6-3-7-19(29)12-18;1-2-11-34-22-8-4-6-18(13-22)25-16-21(32)15-24(17-5-3-7-19(29)12-17)28(25)23-10-9-20(30)14-26(23)31-27(28)33/h2*3-10,12-14,16,24H,2,11,15H2,1H3,(H,31,33)/t2*24-,28-/m00/s1. The highest BCUT2D eigenvalue weighted by Crippen LogP contribution is 2.59. The molecule has 0 bridgehead atoms. The fourth-order valence-corrected chi connectivity index (χ4v) is 10.9. The summed E-state index contributed by atoms with van der Waals surface area (Å²) in [6, 6.07) is 40.7. The number of rotatable bonds is 10. The molecule has 4 atom stereocenters. The van der Waals surface area contributed by atoms with Gasteiger partial charge in [0.25, 0.3) is 0 Å². The highest BCUT2D eigenvalue weighted by molar-refractivity contribution is 6.33. The minimum atomic E-state index is -1.12. The fourth-order valence-electron chi connectivity index (χ4n) is 10.2. The van der Waals surface area contributed by atoms with E-state index in [1.807, 2.05) is 117 Å². The van der Waals surface area contributed by atoms with E-state index in [1.165, 1.54) is 0 Å². The molecule has 12 heteroatoms. The Morgan fingerprint density at radius 3 is 1.71 bits per heavy atom. The molecule has 2 aliphatic carbocycles. The van der Waals surface area contributed by atoms with Crippen molar-refractivity contribution < 1.29 is 28.7 Å². The largest absolute Gasteiger partial charge is 0.494 e. The first-order valence-corrected chi connectivity index (χ1v) is 24.1. The third kappa shape index (κ3) is 8.64. The van der Waals surface area contributed by atoms with Gasteiger partial charge in [-0.1, -0.05) is 127 Å². The number of ketones is 2. The van der Waals surface area contributed by atoms with Crippen LogP contribution in [-0.2, 0) is 30.0 Å². The molecule has 6 aromatic rings. The van der Waals surface area contributed by atoms with Crippen molar-refractivity contribution in [2.75, 3.05) is 23.8 Å². The van der Waals surface area contributed by atoms with Crippen LogP contribution in [-0.4, -0.2) is 36.6 Å². The Hall–Kier alpha value is -6.16. The maximum atomic E-state index is 14.0. The van der Waals surface area contributed by atoms with Gasteiger partial charge in [-0.05, 0) is 131 Å². The topological polar surface area (TPSA) is 111 Å². The molecule has 0 saturated heterocycles.